The number of nitrogens with one attached hydrogen (secondary N) is 1. The van der Waals surface area contributed by atoms with Crippen molar-refractivity contribution in [3.8, 4) is 0 Å². The summed E-state index contributed by atoms with van der Waals surface area (Å²) in [7, 11) is -4.39. The van der Waals surface area contributed by atoms with Crippen molar-refractivity contribution < 1.29 is 22.5 Å². The molecule has 0 saturated carbocycles. The largest absolute Gasteiger partial charge is 0.465 e. The van der Waals surface area contributed by atoms with Gasteiger partial charge in [-0.15, -0.1) is 11.3 Å². The molecule has 0 spiro atoms. The molecular formula is C10H17N3O5S2. The van der Waals surface area contributed by atoms with Crippen LogP contribution in [0, 0.1) is 6.92 Å². The number of thiazole rings is 1. The van der Waals surface area contributed by atoms with E-state index in [0.29, 0.717) is 5.69 Å². The molecule has 0 atom stereocenters. The fraction of sp³-hybridized carbons (Fsp3) is 0.600. The van der Waals surface area contributed by atoms with E-state index < -0.39 is 16.3 Å². The molecule has 8 nitrogen and oxygen atoms in total. The maximum absolute atomic E-state index is 11.3. The Morgan fingerprint density at radius 3 is 2.80 bits per heavy atom. The van der Waals surface area contributed by atoms with E-state index in [1.54, 1.807) is 19.2 Å². The van der Waals surface area contributed by atoms with Gasteiger partial charge in [0.1, 0.15) is 0 Å². The van der Waals surface area contributed by atoms with Crippen molar-refractivity contribution in [2.75, 3.05) is 30.5 Å². The number of carbonyl (C=O) groups excluding carboxylic acids is 1. The lowest BCUT2D eigenvalue weighted by molar-refractivity contribution is -0.141. The normalized spacial score (nSPS) is 11.3. The predicted molar refractivity (Wildman–Crippen MR) is 75.2 cm³/mol. The molecule has 0 radical (unpaired) electrons. The van der Waals surface area contributed by atoms with Gasteiger partial charge >= 0.3 is 16.3 Å². The van der Waals surface area contributed by atoms with Crippen LogP contribution in [0.2, 0.25) is 0 Å². The van der Waals surface area contributed by atoms with Crippen LogP contribution in [0.1, 0.15) is 12.6 Å². The van der Waals surface area contributed by atoms with Crippen molar-refractivity contribution in [3.63, 3.8) is 0 Å². The van der Waals surface area contributed by atoms with Gasteiger partial charge in [0.25, 0.3) is 0 Å². The molecule has 2 N–H and O–H groups in total. The molecule has 0 saturated heterocycles. The number of aromatic nitrogens is 1. The van der Waals surface area contributed by atoms with Crippen LogP contribution in [0.15, 0.2) is 5.38 Å². The van der Waals surface area contributed by atoms with Crippen LogP contribution in [0.4, 0.5) is 5.13 Å². The van der Waals surface area contributed by atoms with E-state index in [4.69, 9.17) is 4.74 Å². The summed E-state index contributed by atoms with van der Waals surface area (Å²) in [6, 6.07) is 0. The first-order valence-electron chi connectivity index (χ1n) is 5.88. The van der Waals surface area contributed by atoms with Crippen LogP contribution in [-0.4, -0.2) is 50.2 Å². The van der Waals surface area contributed by atoms with Gasteiger partial charge in [-0.2, -0.15) is 8.42 Å². The molecule has 1 aromatic heterocycles. The lowest BCUT2D eigenvalue weighted by Crippen LogP contribution is -2.38. The molecule has 0 aliphatic rings. The zero-order valence-electron chi connectivity index (χ0n) is 11.2. The minimum absolute atomic E-state index is 0.0238. The Labute approximate surface area is 121 Å². The Morgan fingerprint density at radius 1 is 1.60 bits per heavy atom. The summed E-state index contributed by atoms with van der Waals surface area (Å²) in [5.74, 6) is -0.420. The fourth-order valence-corrected chi connectivity index (χ4v) is 3.05. The van der Waals surface area contributed by atoms with Crippen LogP contribution in [0.5, 0.6) is 0 Å². The van der Waals surface area contributed by atoms with Crippen molar-refractivity contribution in [1.29, 1.82) is 0 Å². The lowest BCUT2D eigenvalue weighted by atomic mass is 10.5. The van der Waals surface area contributed by atoms with Gasteiger partial charge < -0.3 is 10.1 Å². The number of carbonyl (C=O) groups is 1. The Kier molecular flexibility index (Phi) is 6.33. The minimum Gasteiger partial charge on any atom is -0.465 e. The topological polar surface area (TPSA) is 109 Å². The number of rotatable bonds is 8. The smallest absolute Gasteiger partial charge is 0.361 e. The van der Waals surface area contributed by atoms with Gasteiger partial charge in [0.05, 0.1) is 25.4 Å². The van der Waals surface area contributed by atoms with E-state index in [2.05, 4.69) is 10.3 Å². The van der Waals surface area contributed by atoms with Crippen molar-refractivity contribution in [1.82, 2.24) is 10.3 Å². The van der Waals surface area contributed by atoms with Gasteiger partial charge in [-0.25, -0.2) is 9.29 Å². The first kappa shape index (κ1) is 16.8. The number of ether oxygens (including phenoxy) is 1. The Balaban J connectivity index is 2.54. The van der Waals surface area contributed by atoms with E-state index >= 15 is 0 Å². The third-order valence-electron chi connectivity index (χ3n) is 2.17. The monoisotopic (exact) mass is 323 g/mol. The highest BCUT2D eigenvalue weighted by Crippen LogP contribution is 2.21. The molecule has 1 rings (SSSR count). The number of aryl methyl sites for hydroxylation is 1. The van der Waals surface area contributed by atoms with E-state index in [-0.39, 0.29) is 31.4 Å². The molecule has 0 aliphatic carbocycles. The first-order valence-corrected chi connectivity index (χ1v) is 8.16. The van der Waals surface area contributed by atoms with Gasteiger partial charge in [0, 0.05) is 11.9 Å². The number of hydrogen-bond acceptors (Lipinski definition) is 7. The standard InChI is InChI=1S/C10H17N3O5S2/c1-3-18-9(14)6-11-4-5-13(20(15,16)17)10-12-8(2)7-19-10/h7,11H,3-6H2,1-2H3,(H,15,16,17). The van der Waals surface area contributed by atoms with Crippen molar-refractivity contribution in [2.45, 2.75) is 13.8 Å². The average Bonchev–Trinajstić information content (AvgIpc) is 2.74. The van der Waals surface area contributed by atoms with Crippen LogP contribution in [0.3, 0.4) is 0 Å². The highest BCUT2D eigenvalue weighted by Gasteiger charge is 2.22. The van der Waals surface area contributed by atoms with Crippen LogP contribution >= 0.6 is 11.3 Å². The van der Waals surface area contributed by atoms with Crippen molar-refractivity contribution in [2.24, 2.45) is 0 Å². The van der Waals surface area contributed by atoms with Crippen molar-refractivity contribution in [3.05, 3.63) is 11.1 Å². The van der Waals surface area contributed by atoms with E-state index in [0.717, 1.165) is 15.6 Å². The fourth-order valence-electron chi connectivity index (χ4n) is 1.35. The molecule has 10 heteroatoms. The molecule has 0 amide bonds. The molecule has 20 heavy (non-hydrogen) atoms. The second kappa shape index (κ2) is 7.53. The summed E-state index contributed by atoms with van der Waals surface area (Å²) in [4.78, 5) is 15.1. The summed E-state index contributed by atoms with van der Waals surface area (Å²) in [5, 5.41) is 4.60. The minimum atomic E-state index is -4.39. The summed E-state index contributed by atoms with van der Waals surface area (Å²) in [5.41, 5.74) is 0.665. The van der Waals surface area contributed by atoms with Gasteiger partial charge in [0.15, 0.2) is 0 Å². The van der Waals surface area contributed by atoms with Crippen LogP contribution in [0.25, 0.3) is 0 Å². The molecule has 0 fully saturated rings. The molecule has 1 aromatic rings. The zero-order valence-corrected chi connectivity index (χ0v) is 12.8. The van der Waals surface area contributed by atoms with Crippen LogP contribution < -0.4 is 9.62 Å². The summed E-state index contributed by atoms with van der Waals surface area (Å²) in [6.07, 6.45) is 0. The number of nitrogens with zero attached hydrogens (tertiary/aromatic N) is 2. The lowest BCUT2D eigenvalue weighted by Gasteiger charge is -2.17. The van der Waals surface area contributed by atoms with Gasteiger partial charge in [0.2, 0.25) is 5.13 Å². The maximum Gasteiger partial charge on any atom is 0.361 e. The van der Waals surface area contributed by atoms with E-state index in [9.17, 15) is 17.8 Å². The van der Waals surface area contributed by atoms with Gasteiger partial charge in [-0.3, -0.25) is 9.35 Å². The molecule has 114 valence electrons. The number of anilines is 1. The Bertz CT molecular complexity index is 543. The summed E-state index contributed by atoms with van der Waals surface area (Å²) < 4.78 is 37.3. The molecule has 0 aromatic carbocycles. The predicted octanol–water partition coefficient (Wildman–Crippen LogP) is 0.213. The van der Waals surface area contributed by atoms with E-state index in [1.165, 1.54) is 0 Å². The van der Waals surface area contributed by atoms with E-state index in [1.807, 2.05) is 0 Å². The molecule has 0 aliphatic heterocycles. The average molecular weight is 323 g/mol. The second-order valence-corrected chi connectivity index (χ2v) is 5.98. The number of esters is 1. The highest BCUT2D eigenvalue weighted by atomic mass is 32.2. The highest BCUT2D eigenvalue weighted by molar-refractivity contribution is 7.87. The second-order valence-electron chi connectivity index (χ2n) is 3.80. The number of hydrogen-bond donors (Lipinski definition) is 2. The first-order chi connectivity index (χ1) is 9.34. The van der Waals surface area contributed by atoms with Crippen LogP contribution in [-0.2, 0) is 19.8 Å². The Morgan fingerprint density at radius 2 is 2.30 bits per heavy atom. The summed E-state index contributed by atoms with van der Waals surface area (Å²) >= 11 is 1.11. The van der Waals surface area contributed by atoms with Crippen molar-refractivity contribution >= 4 is 32.7 Å². The quantitative estimate of drug-likeness (QED) is 0.400. The molecule has 0 unspecified atom stereocenters. The molecule has 1 heterocycles. The molecular weight excluding hydrogens is 306 g/mol. The molecule has 0 bridgehead atoms. The summed E-state index contributed by atoms with van der Waals surface area (Å²) in [6.45, 7) is 3.83. The maximum atomic E-state index is 11.3. The third-order valence-corrected chi connectivity index (χ3v) is 4.17. The van der Waals surface area contributed by atoms with Gasteiger partial charge in [-0.1, -0.05) is 0 Å². The Hall–Kier alpha value is -1.23. The third kappa shape index (κ3) is 5.41. The SMILES string of the molecule is CCOC(=O)CNCCN(c1nc(C)cs1)S(=O)(=O)O. The zero-order chi connectivity index (χ0) is 15.2. The van der Waals surface area contributed by atoms with Gasteiger partial charge in [-0.05, 0) is 13.8 Å².